The van der Waals surface area contributed by atoms with Gasteiger partial charge in [-0.1, -0.05) is 133 Å². The second-order valence-electron chi connectivity index (χ2n) is 15.6. The number of β-amino-alcohol motifs (C(OH)–C–C–N with tert-alkyl or cyclic N) is 2. The van der Waals surface area contributed by atoms with Crippen molar-refractivity contribution in [3.8, 4) is 11.5 Å². The Kier molecular flexibility index (Phi) is 13.2. The molecule has 0 aliphatic carbocycles. The smallest absolute Gasteiger partial charge is 0.193 e. The van der Waals surface area contributed by atoms with E-state index < -0.39 is 11.8 Å². The Hall–Kier alpha value is -7.59. The van der Waals surface area contributed by atoms with Crippen LogP contribution in [0.4, 0.5) is 0 Å². The zero-order chi connectivity index (χ0) is 44.6. The number of ketones is 3. The van der Waals surface area contributed by atoms with Crippen molar-refractivity contribution in [2.75, 3.05) is 40.5 Å². The van der Waals surface area contributed by atoms with E-state index in [-0.39, 0.29) is 43.7 Å². The first-order valence-electron chi connectivity index (χ1n) is 21.1. The van der Waals surface area contributed by atoms with Crippen LogP contribution in [0.3, 0.4) is 0 Å². The fourth-order valence-corrected chi connectivity index (χ4v) is 8.44. The van der Waals surface area contributed by atoms with Crippen LogP contribution in [-0.4, -0.2) is 77.9 Å². The zero-order valence-electron chi connectivity index (χ0n) is 35.6. The molecule has 0 spiro atoms. The number of methoxy groups -OCH3 is 2. The van der Waals surface area contributed by atoms with E-state index in [0.717, 1.165) is 33.4 Å². The van der Waals surface area contributed by atoms with Crippen LogP contribution >= 0.6 is 0 Å². The minimum absolute atomic E-state index is 0.118. The molecule has 2 atom stereocenters. The summed E-state index contributed by atoms with van der Waals surface area (Å²) in [4.78, 5) is 46.4. The van der Waals surface area contributed by atoms with Crippen LogP contribution < -0.4 is 9.47 Å². The summed E-state index contributed by atoms with van der Waals surface area (Å²) in [6, 6.07) is 48.4. The van der Waals surface area contributed by atoms with Crippen molar-refractivity contribution in [1.82, 2.24) is 9.80 Å². The number of aliphatic hydroxyl groups excluding tert-OH is 2. The molecule has 6 aromatic carbocycles. The first-order valence-corrected chi connectivity index (χ1v) is 21.1. The second-order valence-corrected chi connectivity index (χ2v) is 15.6. The molecule has 8 rings (SSSR count). The zero-order valence-corrected chi connectivity index (χ0v) is 35.6. The summed E-state index contributed by atoms with van der Waals surface area (Å²) < 4.78 is 11.2. The van der Waals surface area contributed by atoms with Gasteiger partial charge in [-0.2, -0.15) is 0 Å². The molecule has 2 aliphatic heterocycles. The van der Waals surface area contributed by atoms with E-state index in [2.05, 4.69) is 0 Å². The summed E-state index contributed by atoms with van der Waals surface area (Å²) in [5, 5.41) is 20.0. The lowest BCUT2D eigenvalue weighted by molar-refractivity contribution is 0.101. The first kappa shape index (κ1) is 43.1. The summed E-state index contributed by atoms with van der Waals surface area (Å²) in [5.41, 5.74) is 8.13. The molecular formula is C55H48N2O7. The molecule has 6 aromatic rings. The predicted octanol–water partition coefficient (Wildman–Crippen LogP) is 9.33. The maximum atomic E-state index is 14.3. The van der Waals surface area contributed by atoms with Crippen molar-refractivity contribution in [3.63, 3.8) is 0 Å². The number of ether oxygens (including phenoxy) is 2. The number of benzene rings is 6. The lowest BCUT2D eigenvalue weighted by atomic mass is 9.77. The van der Waals surface area contributed by atoms with Gasteiger partial charge in [-0.25, -0.2) is 0 Å². The number of carbonyl (C=O) groups excluding carboxylic acids is 3. The van der Waals surface area contributed by atoms with Gasteiger partial charge in [-0.3, -0.25) is 14.4 Å². The number of nitrogens with zero attached hydrogens (tertiary/aromatic N) is 2. The quantitative estimate of drug-likeness (QED) is 0.0920. The Bertz CT molecular complexity index is 2580. The number of hydrogen-bond donors (Lipinski definition) is 2. The van der Waals surface area contributed by atoms with Crippen LogP contribution in [0.2, 0.25) is 0 Å². The van der Waals surface area contributed by atoms with Crippen molar-refractivity contribution >= 4 is 28.5 Å². The number of aliphatic hydroxyl groups is 2. The fourth-order valence-electron chi connectivity index (χ4n) is 8.44. The van der Waals surface area contributed by atoms with Gasteiger partial charge in [-0.05, 0) is 57.7 Å². The van der Waals surface area contributed by atoms with Gasteiger partial charge in [0.05, 0.1) is 27.4 Å². The van der Waals surface area contributed by atoms with Crippen LogP contribution in [0.15, 0.2) is 194 Å². The second kappa shape index (κ2) is 19.6. The molecule has 2 aliphatic rings. The molecule has 2 unspecified atom stereocenters. The van der Waals surface area contributed by atoms with Gasteiger partial charge in [0.2, 0.25) is 0 Å². The Morgan fingerprint density at radius 2 is 0.828 bits per heavy atom. The molecule has 2 N–H and O–H groups in total. The van der Waals surface area contributed by atoms with E-state index in [1.165, 1.54) is 0 Å². The van der Waals surface area contributed by atoms with Gasteiger partial charge in [0, 0.05) is 83.1 Å². The Morgan fingerprint density at radius 1 is 0.453 bits per heavy atom. The van der Waals surface area contributed by atoms with Crippen molar-refractivity contribution in [3.05, 3.63) is 238 Å². The normalized spacial score (nSPS) is 15.9. The molecule has 0 fully saturated rings. The third-order valence-corrected chi connectivity index (χ3v) is 11.6. The summed E-state index contributed by atoms with van der Waals surface area (Å²) in [5.74, 6) is -0.0841. The van der Waals surface area contributed by atoms with Crippen LogP contribution in [0.5, 0.6) is 11.5 Å². The third-order valence-electron chi connectivity index (χ3n) is 11.6. The molecule has 320 valence electrons. The lowest BCUT2D eigenvalue weighted by Crippen LogP contribution is -2.26. The number of hydrogen-bond acceptors (Lipinski definition) is 9. The fraction of sp³-hybridized carbons (Fsp3) is 0.145. The predicted molar refractivity (Wildman–Crippen MR) is 249 cm³/mol. The Balaban J connectivity index is 1.12. The first-order chi connectivity index (χ1) is 31.3. The third kappa shape index (κ3) is 9.13. The standard InChI is InChI=1S/C55H48N2O7/c1-63-45-17-9-15-43(31-45)51-47(33-56(27-29-58)35-49(51)54(61)39-11-5-3-6-12-39)37-19-23-41(24-20-37)53(60)42-25-21-38(22-26-42)48-34-57(28-30-59)36-50(55(62)40-13-7-4-8-14-40)52(48)44-16-10-18-46(32-44)64-2/h3-26,31-36,51-52,58-59H,27-30H2,1-2H3. The van der Waals surface area contributed by atoms with Crippen LogP contribution in [-0.2, 0) is 0 Å². The van der Waals surface area contributed by atoms with Crippen LogP contribution in [0, 0.1) is 0 Å². The molecule has 0 bridgehead atoms. The SMILES string of the molecule is COc1cccc(C2C(C(=O)c3ccccc3)=CN(CCO)C=C2c2ccc(C(=O)c3ccc(C4=CN(CCO)C=C(C(=O)c5ccccc5)C4c4cccc(OC)c4)cc3)cc2)c1. The maximum Gasteiger partial charge on any atom is 0.193 e. The summed E-state index contributed by atoms with van der Waals surface area (Å²) in [7, 11) is 3.21. The molecule has 0 amide bonds. The minimum Gasteiger partial charge on any atom is -0.497 e. The van der Waals surface area contributed by atoms with Crippen LogP contribution in [0.25, 0.3) is 11.1 Å². The average molecular weight is 849 g/mol. The highest BCUT2D eigenvalue weighted by Gasteiger charge is 2.34. The van der Waals surface area contributed by atoms with Crippen molar-refractivity contribution in [2.24, 2.45) is 0 Å². The van der Waals surface area contributed by atoms with Gasteiger partial charge in [0.15, 0.2) is 17.3 Å². The van der Waals surface area contributed by atoms with E-state index in [0.29, 0.717) is 44.9 Å². The van der Waals surface area contributed by atoms with Crippen molar-refractivity contribution < 1.29 is 34.1 Å². The monoisotopic (exact) mass is 848 g/mol. The summed E-state index contributed by atoms with van der Waals surface area (Å²) >= 11 is 0. The molecule has 0 aromatic heterocycles. The highest BCUT2D eigenvalue weighted by Crippen LogP contribution is 2.45. The van der Waals surface area contributed by atoms with E-state index in [9.17, 15) is 24.6 Å². The van der Waals surface area contributed by atoms with E-state index in [1.54, 1.807) is 62.8 Å². The molecule has 9 nitrogen and oxygen atoms in total. The van der Waals surface area contributed by atoms with Gasteiger partial charge in [0.25, 0.3) is 0 Å². The van der Waals surface area contributed by atoms with Gasteiger partial charge in [-0.15, -0.1) is 0 Å². The van der Waals surface area contributed by atoms with E-state index in [4.69, 9.17) is 9.47 Å². The van der Waals surface area contributed by atoms with Crippen LogP contribution in [0.1, 0.15) is 70.7 Å². The Labute approximate surface area is 373 Å². The van der Waals surface area contributed by atoms with Gasteiger partial charge >= 0.3 is 0 Å². The molecule has 9 heteroatoms. The number of carbonyl (C=O) groups is 3. The molecular weight excluding hydrogens is 801 g/mol. The molecule has 0 saturated carbocycles. The average Bonchev–Trinajstić information content (AvgIpc) is 3.36. The highest BCUT2D eigenvalue weighted by atomic mass is 16.5. The van der Waals surface area contributed by atoms with Crippen molar-refractivity contribution in [1.29, 1.82) is 0 Å². The Morgan fingerprint density at radius 3 is 1.19 bits per heavy atom. The number of rotatable bonds is 16. The highest BCUT2D eigenvalue weighted by molar-refractivity contribution is 6.13. The molecule has 0 saturated heterocycles. The molecule has 64 heavy (non-hydrogen) atoms. The minimum atomic E-state index is -0.478. The molecule has 2 heterocycles. The number of Topliss-reactive ketones (excluding diaryl/α,β-unsaturated/α-hetero) is 2. The van der Waals surface area contributed by atoms with Gasteiger partial charge < -0.3 is 29.5 Å². The molecule has 0 radical (unpaired) electrons. The van der Waals surface area contributed by atoms with Crippen molar-refractivity contribution in [2.45, 2.75) is 11.8 Å². The lowest BCUT2D eigenvalue weighted by Gasteiger charge is -2.32. The number of allylic oxidation sites excluding steroid dienone is 4. The van der Waals surface area contributed by atoms with E-state index in [1.807, 2.05) is 144 Å². The van der Waals surface area contributed by atoms with Gasteiger partial charge in [0.1, 0.15) is 11.5 Å². The largest absolute Gasteiger partial charge is 0.497 e. The van der Waals surface area contributed by atoms with E-state index >= 15 is 0 Å². The topological polar surface area (TPSA) is 117 Å². The summed E-state index contributed by atoms with van der Waals surface area (Å²) in [6.45, 7) is 0.327. The maximum absolute atomic E-state index is 14.3. The summed E-state index contributed by atoms with van der Waals surface area (Å²) in [6.07, 6.45) is 7.52.